The topological polar surface area (TPSA) is 76.1 Å². The van der Waals surface area contributed by atoms with Gasteiger partial charge in [0.25, 0.3) is 0 Å². The standard InChI is InChI=1S/C18H24N2O5S/c1-24-14-5-6-15(25-2)16(11-14)26(22,23)20-10-7-13-12-18(13,20)17(21)19-8-3-4-9-19/h5-6,11,13H,3-4,7-10,12H2,1-2H3. The first-order valence-electron chi connectivity index (χ1n) is 8.99. The van der Waals surface area contributed by atoms with Crippen molar-refractivity contribution in [2.45, 2.75) is 36.1 Å². The number of piperidine rings is 1. The van der Waals surface area contributed by atoms with E-state index >= 15 is 0 Å². The lowest BCUT2D eigenvalue weighted by molar-refractivity contribution is -0.135. The maximum absolute atomic E-state index is 13.5. The SMILES string of the molecule is COc1ccc(OC)c(S(=O)(=O)N2CCC3CC32C(=O)N2CCCC2)c1. The molecule has 0 aromatic heterocycles. The predicted octanol–water partition coefficient (Wildman–Crippen LogP) is 1.48. The van der Waals surface area contributed by atoms with Gasteiger partial charge in [-0.2, -0.15) is 4.31 Å². The number of benzene rings is 1. The average molecular weight is 380 g/mol. The van der Waals surface area contributed by atoms with Gasteiger partial charge in [-0.3, -0.25) is 4.79 Å². The maximum atomic E-state index is 13.5. The molecule has 26 heavy (non-hydrogen) atoms. The third-order valence-electron chi connectivity index (χ3n) is 5.90. The summed E-state index contributed by atoms with van der Waals surface area (Å²) in [6, 6.07) is 4.71. The van der Waals surface area contributed by atoms with E-state index in [1.807, 2.05) is 4.90 Å². The number of carbonyl (C=O) groups is 1. The van der Waals surface area contributed by atoms with Crippen LogP contribution in [0, 0.1) is 5.92 Å². The van der Waals surface area contributed by atoms with Crippen molar-refractivity contribution in [1.29, 1.82) is 0 Å². The minimum absolute atomic E-state index is 0.0251. The summed E-state index contributed by atoms with van der Waals surface area (Å²) in [6.45, 7) is 1.82. The normalized spacial score (nSPS) is 28.1. The predicted molar refractivity (Wildman–Crippen MR) is 94.7 cm³/mol. The molecule has 2 heterocycles. The molecule has 1 aliphatic carbocycles. The zero-order valence-electron chi connectivity index (χ0n) is 15.1. The molecule has 1 aromatic rings. The van der Waals surface area contributed by atoms with E-state index in [9.17, 15) is 13.2 Å². The van der Waals surface area contributed by atoms with Gasteiger partial charge in [0, 0.05) is 25.7 Å². The van der Waals surface area contributed by atoms with Crippen LogP contribution in [0.15, 0.2) is 23.1 Å². The van der Waals surface area contributed by atoms with Gasteiger partial charge in [-0.25, -0.2) is 8.42 Å². The van der Waals surface area contributed by atoms with Crippen molar-refractivity contribution in [2.75, 3.05) is 33.9 Å². The Morgan fingerprint density at radius 1 is 1.15 bits per heavy atom. The molecule has 142 valence electrons. The fraction of sp³-hybridized carbons (Fsp3) is 0.611. The van der Waals surface area contributed by atoms with Gasteiger partial charge in [0.05, 0.1) is 14.2 Å². The Morgan fingerprint density at radius 3 is 2.50 bits per heavy atom. The van der Waals surface area contributed by atoms with Crippen LogP contribution in [-0.2, 0) is 14.8 Å². The zero-order chi connectivity index (χ0) is 18.5. The molecule has 0 radical (unpaired) electrons. The molecular weight excluding hydrogens is 356 g/mol. The minimum Gasteiger partial charge on any atom is -0.497 e. The van der Waals surface area contributed by atoms with Crippen molar-refractivity contribution in [2.24, 2.45) is 5.92 Å². The van der Waals surface area contributed by atoms with Crippen LogP contribution in [0.2, 0.25) is 0 Å². The number of fused-ring (bicyclic) bond motifs is 1. The first kappa shape index (κ1) is 17.6. The first-order chi connectivity index (χ1) is 12.4. The molecule has 4 rings (SSSR count). The highest BCUT2D eigenvalue weighted by molar-refractivity contribution is 7.89. The number of ether oxygens (including phenoxy) is 2. The summed E-state index contributed by atoms with van der Waals surface area (Å²) in [7, 11) is -0.944. The van der Waals surface area contributed by atoms with Crippen LogP contribution >= 0.6 is 0 Å². The fourth-order valence-corrected chi connectivity index (χ4v) is 6.42. The van der Waals surface area contributed by atoms with E-state index in [-0.39, 0.29) is 22.5 Å². The summed E-state index contributed by atoms with van der Waals surface area (Å²) in [5.41, 5.74) is -0.892. The second-order valence-corrected chi connectivity index (χ2v) is 9.04. The van der Waals surface area contributed by atoms with Crippen LogP contribution in [0.4, 0.5) is 0 Å². The van der Waals surface area contributed by atoms with Crippen LogP contribution in [0.3, 0.4) is 0 Å². The summed E-state index contributed by atoms with van der Waals surface area (Å²) < 4.78 is 38.8. The Kier molecular flexibility index (Phi) is 4.15. The van der Waals surface area contributed by atoms with Gasteiger partial charge >= 0.3 is 0 Å². The fourth-order valence-electron chi connectivity index (χ4n) is 4.44. The summed E-state index contributed by atoms with van der Waals surface area (Å²) in [5, 5.41) is 0. The van der Waals surface area contributed by atoms with Crippen molar-refractivity contribution < 1.29 is 22.7 Å². The summed E-state index contributed by atoms with van der Waals surface area (Å²) in [5.74, 6) is 0.805. The molecule has 0 bridgehead atoms. The highest BCUT2D eigenvalue weighted by atomic mass is 32.2. The molecule has 1 amide bonds. The summed E-state index contributed by atoms with van der Waals surface area (Å²) in [4.78, 5) is 15.0. The van der Waals surface area contributed by atoms with Gasteiger partial charge in [0.1, 0.15) is 21.9 Å². The molecule has 7 nitrogen and oxygen atoms in total. The molecule has 1 saturated carbocycles. The smallest absolute Gasteiger partial charge is 0.247 e. The Morgan fingerprint density at radius 2 is 1.88 bits per heavy atom. The highest BCUT2D eigenvalue weighted by Crippen LogP contribution is 2.59. The lowest BCUT2D eigenvalue weighted by atomic mass is 10.2. The molecular formula is C18H24N2O5S. The van der Waals surface area contributed by atoms with Crippen molar-refractivity contribution in [3.05, 3.63) is 18.2 Å². The molecule has 0 spiro atoms. The first-order valence-corrected chi connectivity index (χ1v) is 10.4. The molecule has 1 aromatic carbocycles. The van der Waals surface area contributed by atoms with E-state index in [0.29, 0.717) is 18.7 Å². The largest absolute Gasteiger partial charge is 0.497 e. The third-order valence-corrected chi connectivity index (χ3v) is 7.86. The number of hydrogen-bond donors (Lipinski definition) is 0. The number of hydrogen-bond acceptors (Lipinski definition) is 5. The second-order valence-electron chi connectivity index (χ2n) is 7.21. The number of rotatable bonds is 5. The maximum Gasteiger partial charge on any atom is 0.247 e. The number of likely N-dealkylation sites (tertiary alicyclic amines) is 1. The van der Waals surface area contributed by atoms with Crippen LogP contribution in [0.25, 0.3) is 0 Å². The Bertz CT molecular complexity index is 834. The average Bonchev–Trinajstić information content (AvgIpc) is 3.03. The number of sulfonamides is 1. The van der Waals surface area contributed by atoms with E-state index in [2.05, 4.69) is 0 Å². The van der Waals surface area contributed by atoms with Crippen LogP contribution in [-0.4, -0.2) is 62.9 Å². The van der Waals surface area contributed by atoms with E-state index in [0.717, 1.165) is 32.4 Å². The molecule has 0 N–H and O–H groups in total. The minimum atomic E-state index is -3.87. The summed E-state index contributed by atoms with van der Waals surface area (Å²) >= 11 is 0. The van der Waals surface area contributed by atoms with Gasteiger partial charge in [-0.15, -0.1) is 0 Å². The zero-order valence-corrected chi connectivity index (χ0v) is 15.9. The van der Waals surface area contributed by atoms with E-state index in [1.165, 1.54) is 24.6 Å². The van der Waals surface area contributed by atoms with Gasteiger partial charge < -0.3 is 14.4 Å². The van der Waals surface area contributed by atoms with Crippen molar-refractivity contribution >= 4 is 15.9 Å². The van der Waals surface area contributed by atoms with E-state index < -0.39 is 15.6 Å². The van der Waals surface area contributed by atoms with E-state index in [1.54, 1.807) is 12.1 Å². The Hall–Kier alpha value is -1.80. The Balaban J connectivity index is 1.73. The van der Waals surface area contributed by atoms with Gasteiger partial charge in [0.2, 0.25) is 15.9 Å². The number of methoxy groups -OCH3 is 2. The molecule has 8 heteroatoms. The molecule has 2 unspecified atom stereocenters. The summed E-state index contributed by atoms with van der Waals surface area (Å²) in [6.07, 6.45) is 3.32. The van der Waals surface area contributed by atoms with Gasteiger partial charge in [0.15, 0.2) is 0 Å². The molecule has 2 atom stereocenters. The molecule has 2 aliphatic heterocycles. The van der Waals surface area contributed by atoms with Crippen molar-refractivity contribution in [1.82, 2.24) is 9.21 Å². The monoisotopic (exact) mass is 380 g/mol. The Labute approximate surface area is 153 Å². The van der Waals surface area contributed by atoms with Crippen LogP contribution in [0.1, 0.15) is 25.7 Å². The lowest BCUT2D eigenvalue weighted by Crippen LogP contribution is -2.51. The second kappa shape index (κ2) is 6.13. The number of amides is 1. The molecule has 3 aliphatic rings. The molecule has 3 fully saturated rings. The lowest BCUT2D eigenvalue weighted by Gasteiger charge is -2.30. The van der Waals surface area contributed by atoms with Gasteiger partial charge in [-0.05, 0) is 43.7 Å². The number of nitrogens with zero attached hydrogens (tertiary/aromatic N) is 2. The van der Waals surface area contributed by atoms with Crippen LogP contribution < -0.4 is 9.47 Å². The van der Waals surface area contributed by atoms with Crippen LogP contribution in [0.5, 0.6) is 11.5 Å². The quantitative estimate of drug-likeness (QED) is 0.773. The van der Waals surface area contributed by atoms with E-state index in [4.69, 9.17) is 9.47 Å². The van der Waals surface area contributed by atoms with Crippen molar-refractivity contribution in [3.8, 4) is 11.5 Å². The van der Waals surface area contributed by atoms with Gasteiger partial charge in [-0.1, -0.05) is 0 Å². The highest BCUT2D eigenvalue weighted by Gasteiger charge is 2.71. The number of carbonyl (C=O) groups excluding carboxylic acids is 1. The molecule has 2 saturated heterocycles. The third kappa shape index (κ3) is 2.42. The van der Waals surface area contributed by atoms with Crippen molar-refractivity contribution in [3.63, 3.8) is 0 Å².